The number of carboxylic acid groups (broad SMARTS) is 1. The molecule has 4 heteroatoms. The van der Waals surface area contributed by atoms with Gasteiger partial charge in [0.1, 0.15) is 12.4 Å². The minimum absolute atomic E-state index is 0.141. The molecule has 0 bridgehead atoms. The summed E-state index contributed by atoms with van der Waals surface area (Å²) in [5, 5.41) is 10.0. The quantitative estimate of drug-likeness (QED) is 0.420. The topological polar surface area (TPSA) is 51.5 Å². The van der Waals surface area contributed by atoms with Gasteiger partial charge in [-0.05, 0) is 59.2 Å². The number of hydrogen-bond acceptors (Lipinski definition) is 2. The standard InChI is InChI=1S/C26H25NO3/c1-19-23(18-30-24-12-7-20(8-13-24)9-14-25(28)29)11-10-22-15-16-27(26(19)22)17-21-5-3-2-4-6-21/h2-8,10-13,15-16H,9,14,17-18H2,1H3,(H,28,29). The van der Waals surface area contributed by atoms with Gasteiger partial charge in [0.15, 0.2) is 0 Å². The van der Waals surface area contributed by atoms with Gasteiger partial charge < -0.3 is 14.4 Å². The van der Waals surface area contributed by atoms with Gasteiger partial charge in [0, 0.05) is 19.2 Å². The summed E-state index contributed by atoms with van der Waals surface area (Å²) in [5.74, 6) is 0.00597. The molecule has 1 aromatic heterocycles. The van der Waals surface area contributed by atoms with Crippen LogP contribution in [0.15, 0.2) is 79.0 Å². The zero-order valence-electron chi connectivity index (χ0n) is 17.0. The average Bonchev–Trinajstić information content (AvgIpc) is 3.17. The van der Waals surface area contributed by atoms with E-state index in [1.165, 1.54) is 22.0 Å². The van der Waals surface area contributed by atoms with Crippen molar-refractivity contribution in [2.24, 2.45) is 0 Å². The fourth-order valence-electron chi connectivity index (χ4n) is 3.76. The van der Waals surface area contributed by atoms with E-state index < -0.39 is 5.97 Å². The molecular formula is C26H25NO3. The number of ether oxygens (including phenoxy) is 1. The molecule has 0 fully saturated rings. The third-order valence-corrected chi connectivity index (χ3v) is 5.44. The Morgan fingerprint density at radius 2 is 1.70 bits per heavy atom. The zero-order chi connectivity index (χ0) is 20.9. The lowest BCUT2D eigenvalue weighted by Crippen LogP contribution is -2.03. The Kier molecular flexibility index (Phi) is 5.84. The Morgan fingerprint density at radius 3 is 2.43 bits per heavy atom. The van der Waals surface area contributed by atoms with Gasteiger partial charge in [-0.2, -0.15) is 0 Å². The second-order valence-electron chi connectivity index (χ2n) is 7.54. The lowest BCUT2D eigenvalue weighted by Gasteiger charge is -2.13. The Balaban J connectivity index is 1.48. The number of carbonyl (C=O) groups is 1. The average molecular weight is 399 g/mol. The fourth-order valence-corrected chi connectivity index (χ4v) is 3.76. The summed E-state index contributed by atoms with van der Waals surface area (Å²) < 4.78 is 8.30. The van der Waals surface area contributed by atoms with E-state index in [1.54, 1.807) is 0 Å². The lowest BCUT2D eigenvalue weighted by molar-refractivity contribution is -0.136. The maximum absolute atomic E-state index is 10.7. The van der Waals surface area contributed by atoms with Crippen molar-refractivity contribution in [3.05, 3.63) is 101 Å². The Labute approximate surface area is 176 Å². The minimum Gasteiger partial charge on any atom is -0.489 e. The van der Waals surface area contributed by atoms with Crippen LogP contribution in [0.25, 0.3) is 10.9 Å². The molecule has 4 nitrogen and oxygen atoms in total. The van der Waals surface area contributed by atoms with E-state index in [1.807, 2.05) is 30.3 Å². The predicted molar refractivity (Wildman–Crippen MR) is 119 cm³/mol. The molecule has 0 spiro atoms. The number of aliphatic carboxylic acids is 1. The summed E-state index contributed by atoms with van der Waals surface area (Å²) in [5.41, 5.74) is 5.90. The molecule has 0 saturated heterocycles. The molecule has 0 atom stereocenters. The third kappa shape index (κ3) is 4.54. The molecule has 0 unspecified atom stereocenters. The molecule has 3 aromatic carbocycles. The number of carboxylic acids is 1. The van der Waals surface area contributed by atoms with Crippen LogP contribution in [0.5, 0.6) is 5.75 Å². The van der Waals surface area contributed by atoms with Crippen LogP contribution in [-0.4, -0.2) is 15.6 Å². The minimum atomic E-state index is -0.779. The number of aromatic nitrogens is 1. The molecule has 30 heavy (non-hydrogen) atoms. The van der Waals surface area contributed by atoms with Gasteiger partial charge in [-0.1, -0.05) is 54.6 Å². The fraction of sp³-hybridized carbons (Fsp3) is 0.192. The van der Waals surface area contributed by atoms with Gasteiger partial charge in [-0.15, -0.1) is 0 Å². The summed E-state index contributed by atoms with van der Waals surface area (Å²) in [7, 11) is 0. The first kappa shape index (κ1) is 19.8. The Morgan fingerprint density at radius 1 is 0.933 bits per heavy atom. The molecule has 0 aliphatic carbocycles. The van der Waals surface area contributed by atoms with Gasteiger partial charge in [0.05, 0.1) is 5.52 Å². The monoisotopic (exact) mass is 399 g/mol. The van der Waals surface area contributed by atoms with Crippen LogP contribution in [0.3, 0.4) is 0 Å². The number of aryl methyl sites for hydroxylation is 2. The van der Waals surface area contributed by atoms with Crippen LogP contribution < -0.4 is 4.74 Å². The lowest BCUT2D eigenvalue weighted by atomic mass is 10.1. The molecule has 0 amide bonds. The summed E-state index contributed by atoms with van der Waals surface area (Å²) in [4.78, 5) is 10.7. The maximum atomic E-state index is 10.7. The van der Waals surface area contributed by atoms with Crippen molar-refractivity contribution in [3.8, 4) is 5.75 Å². The third-order valence-electron chi connectivity index (χ3n) is 5.44. The smallest absolute Gasteiger partial charge is 0.303 e. The number of fused-ring (bicyclic) bond motifs is 1. The van der Waals surface area contributed by atoms with E-state index in [9.17, 15) is 4.79 Å². The largest absolute Gasteiger partial charge is 0.489 e. The van der Waals surface area contributed by atoms with Gasteiger partial charge in [-0.25, -0.2) is 0 Å². The van der Waals surface area contributed by atoms with Crippen LogP contribution in [0.1, 0.15) is 28.7 Å². The SMILES string of the molecule is Cc1c(COc2ccc(CCC(=O)O)cc2)ccc2ccn(Cc3ccccc3)c12. The van der Waals surface area contributed by atoms with Crippen LogP contribution in [0.4, 0.5) is 0 Å². The molecular weight excluding hydrogens is 374 g/mol. The van der Waals surface area contributed by atoms with E-state index in [0.717, 1.165) is 23.4 Å². The highest BCUT2D eigenvalue weighted by molar-refractivity contribution is 5.84. The van der Waals surface area contributed by atoms with Crippen molar-refractivity contribution in [2.45, 2.75) is 32.9 Å². The highest BCUT2D eigenvalue weighted by Crippen LogP contribution is 2.25. The molecule has 1 heterocycles. The van der Waals surface area contributed by atoms with Crippen LogP contribution >= 0.6 is 0 Å². The molecule has 1 N–H and O–H groups in total. The first-order chi connectivity index (χ1) is 14.6. The molecule has 4 aromatic rings. The summed E-state index contributed by atoms with van der Waals surface area (Å²) in [6.45, 7) is 3.48. The first-order valence-corrected chi connectivity index (χ1v) is 10.1. The Bertz CT molecular complexity index is 1140. The zero-order valence-corrected chi connectivity index (χ0v) is 17.0. The molecule has 4 rings (SSSR count). The van der Waals surface area contributed by atoms with Crippen LogP contribution in [0, 0.1) is 6.92 Å². The van der Waals surface area contributed by atoms with Crippen molar-refractivity contribution in [3.63, 3.8) is 0 Å². The predicted octanol–water partition coefficient (Wildman–Crippen LogP) is 5.59. The van der Waals surface area contributed by atoms with Crippen molar-refractivity contribution < 1.29 is 14.6 Å². The number of nitrogens with zero attached hydrogens (tertiary/aromatic N) is 1. The molecule has 152 valence electrons. The summed E-state index contributed by atoms with van der Waals surface area (Å²) in [6, 6.07) is 24.6. The number of hydrogen-bond donors (Lipinski definition) is 1. The Hall–Kier alpha value is -3.53. The van der Waals surface area contributed by atoms with E-state index in [-0.39, 0.29) is 6.42 Å². The molecule has 0 saturated carbocycles. The molecule has 0 aliphatic rings. The highest BCUT2D eigenvalue weighted by Gasteiger charge is 2.10. The normalized spacial score (nSPS) is 11.0. The van der Waals surface area contributed by atoms with Crippen LogP contribution in [-0.2, 0) is 24.4 Å². The van der Waals surface area contributed by atoms with E-state index >= 15 is 0 Å². The molecule has 0 aliphatic heterocycles. The second-order valence-corrected chi connectivity index (χ2v) is 7.54. The highest BCUT2D eigenvalue weighted by atomic mass is 16.5. The summed E-state index contributed by atoms with van der Waals surface area (Å²) >= 11 is 0. The van der Waals surface area contributed by atoms with E-state index in [0.29, 0.717) is 13.0 Å². The number of benzene rings is 3. The first-order valence-electron chi connectivity index (χ1n) is 10.1. The maximum Gasteiger partial charge on any atom is 0.303 e. The van der Waals surface area contributed by atoms with Crippen molar-refractivity contribution in [1.82, 2.24) is 4.57 Å². The van der Waals surface area contributed by atoms with Gasteiger partial charge in [-0.3, -0.25) is 4.79 Å². The van der Waals surface area contributed by atoms with Crippen LogP contribution in [0.2, 0.25) is 0 Å². The number of rotatable bonds is 8. The van der Waals surface area contributed by atoms with Gasteiger partial charge >= 0.3 is 5.97 Å². The van der Waals surface area contributed by atoms with E-state index in [4.69, 9.17) is 9.84 Å². The summed E-state index contributed by atoms with van der Waals surface area (Å²) in [6.07, 6.45) is 2.82. The molecule has 0 radical (unpaired) electrons. The van der Waals surface area contributed by atoms with Gasteiger partial charge in [0.2, 0.25) is 0 Å². The van der Waals surface area contributed by atoms with Gasteiger partial charge in [0.25, 0.3) is 0 Å². The van der Waals surface area contributed by atoms with Crippen molar-refractivity contribution >= 4 is 16.9 Å². The van der Waals surface area contributed by atoms with Crippen molar-refractivity contribution in [1.29, 1.82) is 0 Å². The van der Waals surface area contributed by atoms with Crippen molar-refractivity contribution in [2.75, 3.05) is 0 Å². The second kappa shape index (κ2) is 8.87. The van der Waals surface area contributed by atoms with E-state index in [2.05, 4.69) is 60.2 Å².